The molecule has 2 amide bonds. The lowest BCUT2D eigenvalue weighted by molar-refractivity contribution is 0.0767. The molecule has 7 heteroatoms. The van der Waals surface area contributed by atoms with Crippen LogP contribution in [-0.4, -0.2) is 50.6 Å². The first-order valence-electron chi connectivity index (χ1n) is 12.5. The Bertz CT molecular complexity index is 1030. The third kappa shape index (κ3) is 4.55. The van der Waals surface area contributed by atoms with Gasteiger partial charge in [-0.3, -0.25) is 9.59 Å². The number of fused-ring (bicyclic) bond motifs is 1. The van der Waals surface area contributed by atoms with Gasteiger partial charge in [0, 0.05) is 37.7 Å². The van der Waals surface area contributed by atoms with Gasteiger partial charge in [0.05, 0.1) is 0 Å². The van der Waals surface area contributed by atoms with E-state index in [0.29, 0.717) is 5.82 Å². The van der Waals surface area contributed by atoms with Crippen molar-refractivity contribution in [3.05, 3.63) is 46.5 Å². The highest BCUT2D eigenvalue weighted by Crippen LogP contribution is 2.41. The normalized spacial score (nSPS) is 23.4. The van der Waals surface area contributed by atoms with E-state index in [2.05, 4.69) is 21.6 Å². The van der Waals surface area contributed by atoms with Crippen molar-refractivity contribution in [2.24, 2.45) is 5.41 Å². The molecule has 1 saturated carbocycles. The third-order valence-electron chi connectivity index (χ3n) is 7.91. The highest BCUT2D eigenvalue weighted by atomic mass is 16.2. The second-order valence-electron chi connectivity index (χ2n) is 10.5. The summed E-state index contributed by atoms with van der Waals surface area (Å²) in [5.41, 5.74) is 3.13. The molecule has 1 spiro atoms. The fourth-order valence-electron chi connectivity index (χ4n) is 6.07. The summed E-state index contributed by atoms with van der Waals surface area (Å²) in [6.07, 6.45) is 9.47. The molecule has 0 radical (unpaired) electrons. The number of carbonyl (C=O) groups excluding carboxylic acids is 2. The fraction of sp³-hybridized carbons (Fsp3) is 0.615. The summed E-state index contributed by atoms with van der Waals surface area (Å²) in [5.74, 6) is 1.40. The Morgan fingerprint density at radius 3 is 2.45 bits per heavy atom. The number of aromatic nitrogens is 3. The number of hydrogen-bond acceptors (Lipinski definition) is 4. The summed E-state index contributed by atoms with van der Waals surface area (Å²) in [7, 11) is 0. The van der Waals surface area contributed by atoms with Crippen LogP contribution in [0.5, 0.6) is 0 Å². The Morgan fingerprint density at radius 2 is 1.70 bits per heavy atom. The van der Waals surface area contributed by atoms with Crippen LogP contribution >= 0.6 is 0 Å². The Labute approximate surface area is 195 Å². The Morgan fingerprint density at radius 1 is 0.970 bits per heavy atom. The molecule has 3 heterocycles. The predicted molar refractivity (Wildman–Crippen MR) is 126 cm³/mol. The smallest absolute Gasteiger partial charge is 0.289 e. The molecule has 1 unspecified atom stereocenters. The molecule has 2 fully saturated rings. The number of benzene rings is 1. The second-order valence-corrected chi connectivity index (χ2v) is 10.5. The number of likely N-dealkylation sites (tertiary alicyclic amines) is 1. The zero-order valence-corrected chi connectivity index (χ0v) is 19.9. The van der Waals surface area contributed by atoms with Gasteiger partial charge in [-0.15, -0.1) is 10.2 Å². The van der Waals surface area contributed by atoms with Crippen LogP contribution in [0.15, 0.2) is 18.2 Å². The molecular formula is C26H35N5O2. The van der Waals surface area contributed by atoms with E-state index in [4.69, 9.17) is 0 Å². The van der Waals surface area contributed by atoms with Crippen LogP contribution in [0, 0.1) is 19.3 Å². The lowest BCUT2D eigenvalue weighted by Crippen LogP contribution is -2.37. The van der Waals surface area contributed by atoms with Crippen molar-refractivity contribution < 1.29 is 9.59 Å². The number of nitrogens with zero attached hydrogens (tertiary/aromatic N) is 4. The summed E-state index contributed by atoms with van der Waals surface area (Å²) in [6.45, 7) is 6.39. The van der Waals surface area contributed by atoms with E-state index in [1.165, 1.54) is 19.3 Å². The molecule has 1 aromatic heterocycles. The number of amides is 2. The number of nitrogens with one attached hydrogen (secondary N) is 1. The van der Waals surface area contributed by atoms with Crippen molar-refractivity contribution >= 4 is 11.8 Å². The maximum Gasteiger partial charge on any atom is 0.289 e. The van der Waals surface area contributed by atoms with E-state index in [1.54, 1.807) is 0 Å². The molecule has 5 rings (SSSR count). The highest BCUT2D eigenvalue weighted by molar-refractivity contribution is 5.95. The van der Waals surface area contributed by atoms with Gasteiger partial charge >= 0.3 is 0 Å². The lowest BCUT2D eigenvalue weighted by atomic mass is 9.80. The zero-order chi connectivity index (χ0) is 23.0. The maximum absolute atomic E-state index is 13.2. The molecule has 0 bridgehead atoms. The minimum Gasteiger partial charge on any atom is -0.347 e. The average molecular weight is 450 g/mol. The summed E-state index contributed by atoms with van der Waals surface area (Å²) < 4.78 is 2.03. The van der Waals surface area contributed by atoms with E-state index < -0.39 is 0 Å². The lowest BCUT2D eigenvalue weighted by Gasteiger charge is -2.27. The monoisotopic (exact) mass is 449 g/mol. The number of aryl methyl sites for hydroxylation is 3. The van der Waals surface area contributed by atoms with E-state index in [1.807, 2.05) is 35.4 Å². The molecule has 7 nitrogen and oxygen atoms in total. The van der Waals surface area contributed by atoms with Crippen LogP contribution in [0.2, 0.25) is 0 Å². The van der Waals surface area contributed by atoms with Gasteiger partial charge < -0.3 is 14.8 Å². The van der Waals surface area contributed by atoms with Crippen molar-refractivity contribution in [1.82, 2.24) is 25.0 Å². The first kappa shape index (κ1) is 22.1. The SMILES string of the molecule is Cc1cc(C)cc(C(=O)N2CCC3(CCc4nnc(C(=O)NC5CCCCC5)n4CC3)C2)c1. The summed E-state index contributed by atoms with van der Waals surface area (Å²) >= 11 is 0. The van der Waals surface area contributed by atoms with E-state index in [9.17, 15) is 9.59 Å². The topological polar surface area (TPSA) is 80.1 Å². The number of carbonyl (C=O) groups is 2. The van der Waals surface area contributed by atoms with Crippen molar-refractivity contribution in [2.45, 2.75) is 84.2 Å². The molecule has 3 aliphatic rings. The average Bonchev–Trinajstić information content (AvgIpc) is 3.36. The number of hydrogen-bond donors (Lipinski definition) is 1. The van der Waals surface area contributed by atoms with Gasteiger partial charge in [-0.05, 0) is 63.5 Å². The number of rotatable bonds is 3. The molecule has 1 aliphatic carbocycles. The van der Waals surface area contributed by atoms with E-state index in [-0.39, 0.29) is 23.3 Å². The Kier molecular flexibility index (Phi) is 5.97. The molecule has 2 aliphatic heterocycles. The van der Waals surface area contributed by atoms with Crippen LogP contribution in [0.25, 0.3) is 0 Å². The van der Waals surface area contributed by atoms with Gasteiger partial charge in [-0.2, -0.15) is 0 Å². The summed E-state index contributed by atoms with van der Waals surface area (Å²) in [4.78, 5) is 28.2. The molecule has 33 heavy (non-hydrogen) atoms. The highest BCUT2D eigenvalue weighted by Gasteiger charge is 2.42. The van der Waals surface area contributed by atoms with E-state index >= 15 is 0 Å². The van der Waals surface area contributed by atoms with Gasteiger partial charge in [0.15, 0.2) is 0 Å². The first-order chi connectivity index (χ1) is 15.9. The van der Waals surface area contributed by atoms with Gasteiger partial charge in [0.25, 0.3) is 11.8 Å². The Hall–Kier alpha value is -2.70. The van der Waals surface area contributed by atoms with Gasteiger partial charge in [-0.1, -0.05) is 36.5 Å². The standard InChI is InChI=1S/C26H35N5O2/c1-18-14-19(2)16-20(15-18)25(33)30-12-10-26(17-30)9-8-22-28-29-23(31(22)13-11-26)24(32)27-21-6-4-3-5-7-21/h14-16,21H,3-13,17H2,1-2H3,(H,27,32). The first-order valence-corrected chi connectivity index (χ1v) is 12.5. The zero-order valence-electron chi connectivity index (χ0n) is 19.9. The predicted octanol–water partition coefficient (Wildman–Crippen LogP) is 3.83. The molecule has 1 atom stereocenters. The van der Waals surface area contributed by atoms with Crippen molar-refractivity contribution in [3.8, 4) is 0 Å². The van der Waals surface area contributed by atoms with Crippen LogP contribution in [0.3, 0.4) is 0 Å². The van der Waals surface area contributed by atoms with Gasteiger partial charge in [0.1, 0.15) is 5.82 Å². The minimum atomic E-state index is -0.0883. The maximum atomic E-state index is 13.2. The largest absolute Gasteiger partial charge is 0.347 e. The molecule has 176 valence electrons. The van der Waals surface area contributed by atoms with Gasteiger partial charge in [-0.25, -0.2) is 0 Å². The van der Waals surface area contributed by atoms with Crippen LogP contribution in [0.4, 0.5) is 0 Å². The Balaban J connectivity index is 1.26. The van der Waals surface area contributed by atoms with E-state index in [0.717, 1.165) is 80.7 Å². The second kappa shape index (κ2) is 8.92. The molecule has 1 saturated heterocycles. The molecule has 2 aromatic rings. The van der Waals surface area contributed by atoms with Crippen molar-refractivity contribution in [3.63, 3.8) is 0 Å². The van der Waals surface area contributed by atoms with Crippen LogP contribution < -0.4 is 5.32 Å². The summed E-state index contributed by atoms with van der Waals surface area (Å²) in [5, 5.41) is 11.8. The fourth-order valence-corrected chi connectivity index (χ4v) is 6.07. The van der Waals surface area contributed by atoms with Crippen LogP contribution in [0.1, 0.15) is 89.3 Å². The summed E-state index contributed by atoms with van der Waals surface area (Å²) in [6, 6.07) is 6.35. The molecule has 1 aromatic carbocycles. The van der Waals surface area contributed by atoms with Gasteiger partial charge in [0.2, 0.25) is 5.82 Å². The van der Waals surface area contributed by atoms with Crippen LogP contribution in [-0.2, 0) is 13.0 Å². The third-order valence-corrected chi connectivity index (χ3v) is 7.91. The quantitative estimate of drug-likeness (QED) is 0.772. The molecular weight excluding hydrogens is 414 g/mol. The minimum absolute atomic E-state index is 0.0883. The molecule has 1 N–H and O–H groups in total. The van der Waals surface area contributed by atoms with Crippen molar-refractivity contribution in [2.75, 3.05) is 13.1 Å². The van der Waals surface area contributed by atoms with Crippen molar-refractivity contribution in [1.29, 1.82) is 0 Å².